The van der Waals surface area contributed by atoms with E-state index in [2.05, 4.69) is 0 Å². The van der Waals surface area contributed by atoms with Gasteiger partial charge in [0, 0.05) is 5.92 Å². The van der Waals surface area contributed by atoms with Crippen molar-refractivity contribution in [2.75, 3.05) is 0 Å². The molecule has 0 saturated heterocycles. The number of halogens is 1. The van der Waals surface area contributed by atoms with Crippen LogP contribution in [0.1, 0.15) is 19.4 Å². The first kappa shape index (κ1) is 10.6. The van der Waals surface area contributed by atoms with Crippen molar-refractivity contribution in [2.24, 2.45) is 5.92 Å². The number of rotatable bonds is 3. The van der Waals surface area contributed by atoms with Crippen molar-refractivity contribution in [3.63, 3.8) is 0 Å². The molecule has 0 N–H and O–H groups in total. The molecule has 0 saturated carbocycles. The summed E-state index contributed by atoms with van der Waals surface area (Å²) in [5.74, 6) is -0.182. The maximum Gasteiger partial charge on any atom is 0.158 e. The van der Waals surface area contributed by atoms with Crippen LogP contribution in [0.4, 0.5) is 4.39 Å². The lowest BCUT2D eigenvalue weighted by Crippen LogP contribution is -2.01. The first-order valence-electron chi connectivity index (χ1n) is 4.57. The molecule has 0 aliphatic carbocycles. The third kappa shape index (κ3) is 3.13. The SMILES string of the molecule is CC(C)C(=O)/C=C/c1ccc(F)cc1. The maximum absolute atomic E-state index is 12.5. The van der Waals surface area contributed by atoms with E-state index in [1.165, 1.54) is 18.2 Å². The number of carbonyl (C=O) groups is 1. The highest BCUT2D eigenvalue weighted by Crippen LogP contribution is 2.05. The molecule has 74 valence electrons. The van der Waals surface area contributed by atoms with Gasteiger partial charge in [-0.3, -0.25) is 4.79 Å². The number of allylic oxidation sites excluding steroid dienone is 1. The molecule has 0 aliphatic heterocycles. The molecule has 0 amide bonds. The summed E-state index contributed by atoms with van der Waals surface area (Å²) in [4.78, 5) is 11.2. The van der Waals surface area contributed by atoms with Crippen LogP contribution < -0.4 is 0 Å². The van der Waals surface area contributed by atoms with E-state index in [-0.39, 0.29) is 17.5 Å². The molecular formula is C12H13FO. The first-order chi connectivity index (χ1) is 6.59. The summed E-state index contributed by atoms with van der Waals surface area (Å²) in [5.41, 5.74) is 0.834. The molecule has 1 rings (SSSR count). The second-order valence-electron chi connectivity index (χ2n) is 3.44. The summed E-state index contributed by atoms with van der Waals surface area (Å²) in [7, 11) is 0. The summed E-state index contributed by atoms with van der Waals surface area (Å²) < 4.78 is 12.5. The third-order valence-corrected chi connectivity index (χ3v) is 1.88. The van der Waals surface area contributed by atoms with Crippen LogP contribution in [0.2, 0.25) is 0 Å². The van der Waals surface area contributed by atoms with Crippen LogP contribution in [0, 0.1) is 11.7 Å². The van der Waals surface area contributed by atoms with Gasteiger partial charge in [-0.1, -0.05) is 32.1 Å². The summed E-state index contributed by atoms with van der Waals surface area (Å²) >= 11 is 0. The van der Waals surface area contributed by atoms with E-state index in [9.17, 15) is 9.18 Å². The van der Waals surface area contributed by atoms with Crippen molar-refractivity contribution in [3.8, 4) is 0 Å². The molecule has 0 spiro atoms. The summed E-state index contributed by atoms with van der Waals surface area (Å²) in [5, 5.41) is 0. The van der Waals surface area contributed by atoms with E-state index < -0.39 is 0 Å². The zero-order valence-electron chi connectivity index (χ0n) is 8.33. The number of benzene rings is 1. The second-order valence-corrected chi connectivity index (χ2v) is 3.44. The standard InChI is InChI=1S/C12H13FO/c1-9(2)12(14)8-5-10-3-6-11(13)7-4-10/h3-9H,1-2H3/b8-5+. The largest absolute Gasteiger partial charge is 0.295 e. The smallest absolute Gasteiger partial charge is 0.158 e. The quantitative estimate of drug-likeness (QED) is 0.672. The highest BCUT2D eigenvalue weighted by molar-refractivity contribution is 5.94. The average Bonchev–Trinajstić information content (AvgIpc) is 2.16. The van der Waals surface area contributed by atoms with Gasteiger partial charge in [0.15, 0.2) is 5.78 Å². The number of hydrogen-bond acceptors (Lipinski definition) is 1. The molecule has 0 bridgehead atoms. The van der Waals surface area contributed by atoms with Gasteiger partial charge in [0.05, 0.1) is 0 Å². The highest BCUT2D eigenvalue weighted by Gasteiger charge is 2.01. The van der Waals surface area contributed by atoms with Gasteiger partial charge >= 0.3 is 0 Å². The molecule has 0 aromatic heterocycles. The zero-order valence-corrected chi connectivity index (χ0v) is 8.33. The summed E-state index contributed by atoms with van der Waals surface area (Å²) in [6.45, 7) is 3.69. The molecule has 0 heterocycles. The molecule has 0 unspecified atom stereocenters. The summed E-state index contributed by atoms with van der Waals surface area (Å²) in [6.07, 6.45) is 3.22. The third-order valence-electron chi connectivity index (χ3n) is 1.88. The Morgan fingerprint density at radius 2 is 1.86 bits per heavy atom. The van der Waals surface area contributed by atoms with Crippen LogP contribution >= 0.6 is 0 Å². The fraction of sp³-hybridized carbons (Fsp3) is 0.250. The Morgan fingerprint density at radius 1 is 1.29 bits per heavy atom. The molecule has 0 aliphatic rings. The number of carbonyl (C=O) groups excluding carboxylic acids is 1. The Kier molecular flexibility index (Phi) is 3.57. The number of ketones is 1. The number of hydrogen-bond donors (Lipinski definition) is 0. The van der Waals surface area contributed by atoms with E-state index in [0.717, 1.165) is 5.56 Å². The molecule has 1 nitrogen and oxygen atoms in total. The van der Waals surface area contributed by atoms with Crippen molar-refractivity contribution >= 4 is 11.9 Å². The second kappa shape index (κ2) is 4.70. The van der Waals surface area contributed by atoms with Gasteiger partial charge in [0.2, 0.25) is 0 Å². The minimum absolute atomic E-state index is 0.00620. The maximum atomic E-state index is 12.5. The predicted molar refractivity (Wildman–Crippen MR) is 55.3 cm³/mol. The lowest BCUT2D eigenvalue weighted by molar-refractivity contribution is -0.117. The van der Waals surface area contributed by atoms with Crippen molar-refractivity contribution < 1.29 is 9.18 Å². The highest BCUT2D eigenvalue weighted by atomic mass is 19.1. The molecule has 1 aromatic rings. The summed E-state index contributed by atoms with van der Waals surface area (Å²) in [6, 6.07) is 6.03. The van der Waals surface area contributed by atoms with Gasteiger partial charge in [-0.15, -0.1) is 0 Å². The van der Waals surface area contributed by atoms with E-state index in [0.29, 0.717) is 0 Å². The van der Waals surface area contributed by atoms with E-state index >= 15 is 0 Å². The normalized spacial score (nSPS) is 11.1. The fourth-order valence-corrected chi connectivity index (χ4v) is 0.945. The Balaban J connectivity index is 2.69. The van der Waals surface area contributed by atoms with Crippen LogP contribution in [0.3, 0.4) is 0 Å². The Morgan fingerprint density at radius 3 is 2.36 bits per heavy atom. The minimum atomic E-state index is -0.266. The molecule has 1 aromatic carbocycles. The topological polar surface area (TPSA) is 17.1 Å². The van der Waals surface area contributed by atoms with Gasteiger partial charge in [0.1, 0.15) is 5.82 Å². The molecule has 0 radical (unpaired) electrons. The molecule has 0 atom stereocenters. The van der Waals surface area contributed by atoms with E-state index in [1.54, 1.807) is 18.2 Å². The Hall–Kier alpha value is -1.44. The molecule has 0 fully saturated rings. The fourth-order valence-electron chi connectivity index (χ4n) is 0.945. The van der Waals surface area contributed by atoms with Gasteiger partial charge in [0.25, 0.3) is 0 Å². The predicted octanol–water partition coefficient (Wildman–Crippen LogP) is 3.06. The van der Waals surface area contributed by atoms with Crippen LogP contribution in [-0.2, 0) is 4.79 Å². The Bertz CT molecular complexity index is 336. The van der Waals surface area contributed by atoms with Crippen molar-refractivity contribution in [1.29, 1.82) is 0 Å². The van der Waals surface area contributed by atoms with E-state index in [4.69, 9.17) is 0 Å². The lowest BCUT2D eigenvalue weighted by atomic mass is 10.1. The lowest BCUT2D eigenvalue weighted by Gasteiger charge is -1.96. The monoisotopic (exact) mass is 192 g/mol. The average molecular weight is 192 g/mol. The van der Waals surface area contributed by atoms with E-state index in [1.807, 2.05) is 13.8 Å². The van der Waals surface area contributed by atoms with Crippen LogP contribution in [-0.4, -0.2) is 5.78 Å². The van der Waals surface area contributed by atoms with Crippen LogP contribution in [0.15, 0.2) is 30.3 Å². The molecular weight excluding hydrogens is 179 g/mol. The first-order valence-corrected chi connectivity index (χ1v) is 4.57. The minimum Gasteiger partial charge on any atom is -0.295 e. The van der Waals surface area contributed by atoms with Gasteiger partial charge in [-0.2, -0.15) is 0 Å². The van der Waals surface area contributed by atoms with Crippen molar-refractivity contribution in [1.82, 2.24) is 0 Å². The van der Waals surface area contributed by atoms with Crippen LogP contribution in [0.5, 0.6) is 0 Å². The van der Waals surface area contributed by atoms with Gasteiger partial charge in [-0.25, -0.2) is 4.39 Å². The zero-order chi connectivity index (χ0) is 10.6. The van der Waals surface area contributed by atoms with Crippen molar-refractivity contribution in [3.05, 3.63) is 41.7 Å². The Labute approximate surface area is 83.3 Å². The molecule has 14 heavy (non-hydrogen) atoms. The van der Waals surface area contributed by atoms with Gasteiger partial charge in [-0.05, 0) is 23.8 Å². The van der Waals surface area contributed by atoms with Crippen molar-refractivity contribution in [2.45, 2.75) is 13.8 Å². The van der Waals surface area contributed by atoms with Crippen LogP contribution in [0.25, 0.3) is 6.08 Å². The van der Waals surface area contributed by atoms with Gasteiger partial charge < -0.3 is 0 Å². The molecule has 2 heteroatoms.